The summed E-state index contributed by atoms with van der Waals surface area (Å²) in [5.74, 6) is 0.554. The number of fused-ring (bicyclic) bond motifs is 1. The van der Waals surface area contributed by atoms with Gasteiger partial charge in [-0.25, -0.2) is 0 Å². The van der Waals surface area contributed by atoms with Gasteiger partial charge in [0.25, 0.3) is 5.91 Å². The van der Waals surface area contributed by atoms with Crippen molar-refractivity contribution in [3.05, 3.63) is 53.6 Å². The number of carbonyl (C=O) groups excluding carboxylic acids is 2. The Morgan fingerprint density at radius 3 is 2.81 bits per heavy atom. The summed E-state index contributed by atoms with van der Waals surface area (Å²) in [5, 5.41) is 2.85. The van der Waals surface area contributed by atoms with Crippen molar-refractivity contribution >= 4 is 23.2 Å². The van der Waals surface area contributed by atoms with Gasteiger partial charge in [-0.3, -0.25) is 9.59 Å². The predicted molar refractivity (Wildman–Crippen MR) is 103 cm³/mol. The zero-order chi connectivity index (χ0) is 18.5. The van der Waals surface area contributed by atoms with Crippen LogP contribution in [-0.4, -0.2) is 25.0 Å². The molecule has 2 aromatic carbocycles. The zero-order valence-electron chi connectivity index (χ0n) is 15.2. The van der Waals surface area contributed by atoms with Gasteiger partial charge >= 0.3 is 0 Å². The van der Waals surface area contributed by atoms with E-state index in [1.807, 2.05) is 61.2 Å². The molecule has 1 aliphatic rings. The summed E-state index contributed by atoms with van der Waals surface area (Å²) in [5.41, 5.74) is 3.81. The first-order valence-electron chi connectivity index (χ1n) is 8.99. The van der Waals surface area contributed by atoms with Gasteiger partial charge in [-0.05, 0) is 55.2 Å². The third-order valence-electron chi connectivity index (χ3n) is 4.45. The van der Waals surface area contributed by atoms with E-state index in [0.717, 1.165) is 36.2 Å². The van der Waals surface area contributed by atoms with Crippen LogP contribution in [0.5, 0.6) is 5.75 Å². The minimum absolute atomic E-state index is 0.0574. The van der Waals surface area contributed by atoms with Crippen LogP contribution >= 0.6 is 0 Å². The Kier molecular flexibility index (Phi) is 5.56. The lowest BCUT2D eigenvalue weighted by Gasteiger charge is -2.29. The molecule has 0 saturated heterocycles. The van der Waals surface area contributed by atoms with Crippen LogP contribution in [0.2, 0.25) is 0 Å². The van der Waals surface area contributed by atoms with Gasteiger partial charge in [0.1, 0.15) is 5.75 Å². The lowest BCUT2D eigenvalue weighted by Crippen LogP contribution is -2.35. The Labute approximate surface area is 154 Å². The molecule has 0 bridgehead atoms. The van der Waals surface area contributed by atoms with E-state index < -0.39 is 0 Å². The summed E-state index contributed by atoms with van der Waals surface area (Å²) in [4.78, 5) is 26.2. The Balaban J connectivity index is 1.66. The average molecular weight is 352 g/mol. The quantitative estimate of drug-likeness (QED) is 0.892. The molecule has 1 aliphatic heterocycles. The topological polar surface area (TPSA) is 58.6 Å². The molecule has 136 valence electrons. The summed E-state index contributed by atoms with van der Waals surface area (Å²) in [6.07, 6.45) is 2.39. The van der Waals surface area contributed by atoms with Crippen molar-refractivity contribution in [2.75, 3.05) is 23.4 Å². The number of hydrogen-bond acceptors (Lipinski definition) is 3. The lowest BCUT2D eigenvalue weighted by atomic mass is 10.0. The number of benzene rings is 2. The summed E-state index contributed by atoms with van der Waals surface area (Å²) in [6.45, 7) is 4.51. The third kappa shape index (κ3) is 4.23. The normalized spacial score (nSPS) is 13.1. The van der Waals surface area contributed by atoms with Crippen LogP contribution in [0.1, 0.15) is 30.9 Å². The second kappa shape index (κ2) is 8.04. The molecule has 26 heavy (non-hydrogen) atoms. The average Bonchev–Trinajstić information content (AvgIpc) is 2.65. The Bertz CT molecular complexity index is 817. The van der Waals surface area contributed by atoms with Gasteiger partial charge < -0.3 is 15.0 Å². The largest absolute Gasteiger partial charge is 0.484 e. The Morgan fingerprint density at radius 1 is 1.19 bits per heavy atom. The van der Waals surface area contributed by atoms with Gasteiger partial charge in [0, 0.05) is 24.3 Å². The molecular formula is C21H24N2O3. The van der Waals surface area contributed by atoms with Gasteiger partial charge in [-0.2, -0.15) is 0 Å². The molecule has 1 N–H and O–H groups in total. The van der Waals surface area contributed by atoms with Crippen molar-refractivity contribution in [2.24, 2.45) is 0 Å². The molecule has 0 radical (unpaired) electrons. The number of amides is 2. The number of rotatable bonds is 5. The summed E-state index contributed by atoms with van der Waals surface area (Å²) in [6, 6.07) is 13.3. The molecule has 0 aromatic heterocycles. The maximum atomic E-state index is 12.2. The van der Waals surface area contributed by atoms with Gasteiger partial charge in [0.05, 0.1) is 0 Å². The molecule has 0 aliphatic carbocycles. The summed E-state index contributed by atoms with van der Waals surface area (Å²) in [7, 11) is 0. The van der Waals surface area contributed by atoms with Crippen molar-refractivity contribution in [2.45, 2.75) is 33.1 Å². The van der Waals surface area contributed by atoms with E-state index in [0.29, 0.717) is 17.9 Å². The molecule has 0 spiro atoms. The SMILES string of the molecule is CCC(=O)N1CCCc2ccc(NC(=O)COc3cccc(C)c3)cc21. The fourth-order valence-corrected chi connectivity index (χ4v) is 3.15. The molecule has 5 heteroatoms. The maximum absolute atomic E-state index is 12.2. The molecular weight excluding hydrogens is 328 g/mol. The lowest BCUT2D eigenvalue weighted by molar-refractivity contribution is -0.119. The van der Waals surface area contributed by atoms with Crippen molar-refractivity contribution in [3.8, 4) is 5.75 Å². The van der Waals surface area contributed by atoms with Crippen LogP contribution < -0.4 is 15.0 Å². The summed E-state index contributed by atoms with van der Waals surface area (Å²) < 4.78 is 5.53. The number of aryl methyl sites for hydroxylation is 2. The molecule has 0 atom stereocenters. The van der Waals surface area contributed by atoms with E-state index in [9.17, 15) is 9.59 Å². The van der Waals surface area contributed by atoms with E-state index in [-0.39, 0.29) is 18.4 Å². The Hall–Kier alpha value is -2.82. The van der Waals surface area contributed by atoms with Crippen LogP contribution in [0.3, 0.4) is 0 Å². The van der Waals surface area contributed by atoms with Gasteiger partial charge in [0.15, 0.2) is 6.61 Å². The van der Waals surface area contributed by atoms with Crippen molar-refractivity contribution < 1.29 is 14.3 Å². The minimum Gasteiger partial charge on any atom is -0.484 e. The van der Waals surface area contributed by atoms with Crippen molar-refractivity contribution in [1.29, 1.82) is 0 Å². The van der Waals surface area contributed by atoms with Gasteiger partial charge in [-0.15, -0.1) is 0 Å². The summed E-state index contributed by atoms with van der Waals surface area (Å²) >= 11 is 0. The standard InChI is InChI=1S/C21H24N2O3/c1-3-21(25)23-11-5-7-16-9-10-17(13-19(16)23)22-20(24)14-26-18-8-4-6-15(2)12-18/h4,6,8-10,12-13H,3,5,7,11,14H2,1-2H3,(H,22,24). The first-order valence-corrected chi connectivity index (χ1v) is 8.99. The molecule has 0 unspecified atom stereocenters. The highest BCUT2D eigenvalue weighted by atomic mass is 16.5. The monoisotopic (exact) mass is 352 g/mol. The molecule has 1 heterocycles. The van der Waals surface area contributed by atoms with Gasteiger partial charge in [0.2, 0.25) is 5.91 Å². The van der Waals surface area contributed by atoms with Crippen LogP contribution in [-0.2, 0) is 16.0 Å². The second-order valence-electron chi connectivity index (χ2n) is 6.50. The molecule has 2 amide bonds. The van der Waals surface area contributed by atoms with Crippen LogP contribution in [0, 0.1) is 6.92 Å². The number of hydrogen-bond donors (Lipinski definition) is 1. The van der Waals surface area contributed by atoms with Gasteiger partial charge in [-0.1, -0.05) is 25.1 Å². The number of carbonyl (C=O) groups is 2. The highest BCUT2D eigenvalue weighted by molar-refractivity contribution is 5.97. The maximum Gasteiger partial charge on any atom is 0.262 e. The number of nitrogens with one attached hydrogen (secondary N) is 1. The van der Waals surface area contributed by atoms with Crippen LogP contribution in [0.4, 0.5) is 11.4 Å². The number of nitrogens with zero attached hydrogens (tertiary/aromatic N) is 1. The highest BCUT2D eigenvalue weighted by Crippen LogP contribution is 2.30. The fourth-order valence-electron chi connectivity index (χ4n) is 3.15. The van der Waals surface area contributed by atoms with E-state index >= 15 is 0 Å². The van der Waals surface area contributed by atoms with E-state index in [4.69, 9.17) is 4.74 Å². The first kappa shape index (κ1) is 18.0. The van der Waals surface area contributed by atoms with Crippen LogP contribution in [0.25, 0.3) is 0 Å². The molecule has 3 rings (SSSR count). The minimum atomic E-state index is -0.226. The second-order valence-corrected chi connectivity index (χ2v) is 6.50. The van der Waals surface area contributed by atoms with E-state index in [1.54, 1.807) is 0 Å². The predicted octanol–water partition coefficient (Wildman–Crippen LogP) is 3.70. The van der Waals surface area contributed by atoms with Crippen molar-refractivity contribution in [1.82, 2.24) is 0 Å². The number of ether oxygens (including phenoxy) is 1. The zero-order valence-corrected chi connectivity index (χ0v) is 15.2. The smallest absolute Gasteiger partial charge is 0.262 e. The third-order valence-corrected chi connectivity index (χ3v) is 4.45. The fraction of sp³-hybridized carbons (Fsp3) is 0.333. The first-order chi connectivity index (χ1) is 12.6. The molecule has 0 saturated carbocycles. The number of anilines is 2. The van der Waals surface area contributed by atoms with Crippen molar-refractivity contribution in [3.63, 3.8) is 0 Å². The Morgan fingerprint density at radius 2 is 2.04 bits per heavy atom. The molecule has 2 aromatic rings. The van der Waals surface area contributed by atoms with E-state index in [1.165, 1.54) is 0 Å². The van der Waals surface area contributed by atoms with Crippen LogP contribution in [0.15, 0.2) is 42.5 Å². The van der Waals surface area contributed by atoms with E-state index in [2.05, 4.69) is 5.32 Å². The highest BCUT2D eigenvalue weighted by Gasteiger charge is 2.21. The molecule has 0 fully saturated rings. The molecule has 5 nitrogen and oxygen atoms in total.